The maximum atomic E-state index is 3.52. The van der Waals surface area contributed by atoms with Crippen molar-refractivity contribution in [2.24, 2.45) is 0 Å². The third-order valence-electron chi connectivity index (χ3n) is 3.19. The van der Waals surface area contributed by atoms with Crippen molar-refractivity contribution in [3.8, 4) is 0 Å². The largest absolute Gasteiger partial charge is 0.390 e. The Morgan fingerprint density at radius 3 is 1.94 bits per heavy atom. The fourth-order valence-electron chi connectivity index (χ4n) is 2.27. The highest BCUT2D eigenvalue weighted by molar-refractivity contribution is 6.87. The summed E-state index contributed by atoms with van der Waals surface area (Å²) >= 11 is 0. The van der Waals surface area contributed by atoms with E-state index in [2.05, 4.69) is 77.0 Å². The molecule has 11 heteroatoms. The highest BCUT2D eigenvalue weighted by Gasteiger charge is 2.40. The Morgan fingerprint density at radius 2 is 1.50 bits per heavy atom. The van der Waals surface area contributed by atoms with Gasteiger partial charge in [0.2, 0.25) is 0 Å². The summed E-state index contributed by atoms with van der Waals surface area (Å²) in [5, 5.41) is 13.7. The van der Waals surface area contributed by atoms with Crippen LogP contribution >= 0.6 is 0 Å². The lowest BCUT2D eigenvalue weighted by molar-refractivity contribution is 0.544. The van der Waals surface area contributed by atoms with E-state index in [0.29, 0.717) is 0 Å². The van der Waals surface area contributed by atoms with E-state index < -0.39 is 0 Å². The molecule has 1 aliphatic heterocycles. The van der Waals surface area contributed by atoms with Gasteiger partial charge in [0.05, 0.1) is 0 Å². The zero-order chi connectivity index (χ0) is 13.9. The fraction of sp³-hybridized carbons (Fsp3) is 1.00. The molecule has 0 amide bonds. The molecule has 1 aliphatic rings. The fourth-order valence-corrected chi connectivity index (χ4v) is 2.27. The summed E-state index contributed by atoms with van der Waals surface area (Å²) in [6, 6.07) is 0. The van der Waals surface area contributed by atoms with Crippen LogP contribution in [0.4, 0.5) is 0 Å². The maximum Gasteiger partial charge on any atom is 0.390 e. The summed E-state index contributed by atoms with van der Waals surface area (Å²) < 4.78 is 2.23. The number of nitrogens with zero attached hydrogens (tertiary/aromatic N) is 3. The van der Waals surface area contributed by atoms with Crippen molar-refractivity contribution in [1.82, 2.24) is 35.0 Å². The number of rotatable bonds is 5. The van der Waals surface area contributed by atoms with Crippen LogP contribution in [0.5, 0.6) is 0 Å². The second-order valence-electron chi connectivity index (χ2n) is 5.28. The molecule has 1 heterocycles. The first kappa shape index (κ1) is 16.0. The van der Waals surface area contributed by atoms with E-state index in [9.17, 15) is 0 Å². The van der Waals surface area contributed by atoms with Gasteiger partial charge in [0.15, 0.2) is 0 Å². The van der Waals surface area contributed by atoms with Crippen LogP contribution in [0.3, 0.4) is 0 Å². The van der Waals surface area contributed by atoms with Gasteiger partial charge in [0.1, 0.15) is 0 Å². The highest BCUT2D eigenvalue weighted by Crippen LogP contribution is 1.97. The summed E-state index contributed by atoms with van der Waals surface area (Å²) in [7, 11) is 12.7. The minimum Gasteiger partial charge on any atom is -0.357 e. The van der Waals surface area contributed by atoms with Gasteiger partial charge in [-0.25, -0.2) is 0 Å². The molecule has 1 saturated heterocycles. The normalized spacial score (nSPS) is 17.3. The van der Waals surface area contributed by atoms with Gasteiger partial charge in [-0.05, 0) is 42.3 Å². The summed E-state index contributed by atoms with van der Waals surface area (Å²) in [5.74, 6) is 0. The standard InChI is InChI=1S/C7H25B4N7/c1-8-13-9(16(3)4)15-10(14-8)18(7)11(12-2)17(5)6/h12-15H,1-7H3. The van der Waals surface area contributed by atoms with Crippen molar-refractivity contribution in [3.05, 3.63) is 0 Å². The van der Waals surface area contributed by atoms with Crippen LogP contribution in [0.25, 0.3) is 0 Å². The molecule has 0 saturated carbocycles. The highest BCUT2D eigenvalue weighted by atomic mass is 15.3. The van der Waals surface area contributed by atoms with Gasteiger partial charge in [-0.2, -0.15) is 0 Å². The molecule has 18 heavy (non-hydrogen) atoms. The van der Waals surface area contributed by atoms with Gasteiger partial charge in [0, 0.05) is 0 Å². The summed E-state index contributed by atoms with van der Waals surface area (Å²) in [6.07, 6.45) is 0. The first-order valence-electron chi connectivity index (χ1n) is 6.37. The Labute approximate surface area is 113 Å². The predicted octanol–water partition coefficient (Wildman–Crippen LogP) is -2.88. The van der Waals surface area contributed by atoms with Crippen molar-refractivity contribution >= 4 is 28.3 Å². The third-order valence-corrected chi connectivity index (χ3v) is 3.19. The monoisotopic (exact) mass is 251 g/mol. The Bertz CT molecular complexity index is 256. The van der Waals surface area contributed by atoms with Crippen LogP contribution in [0.2, 0.25) is 6.82 Å². The van der Waals surface area contributed by atoms with Crippen LogP contribution in [0.1, 0.15) is 0 Å². The molecular weight excluding hydrogens is 225 g/mol. The van der Waals surface area contributed by atoms with Gasteiger partial charge in [0.25, 0.3) is 6.98 Å². The Morgan fingerprint density at radius 1 is 0.944 bits per heavy atom. The Kier molecular flexibility index (Phi) is 6.19. The third kappa shape index (κ3) is 3.99. The first-order valence-corrected chi connectivity index (χ1v) is 6.37. The van der Waals surface area contributed by atoms with Crippen molar-refractivity contribution in [3.63, 3.8) is 0 Å². The second-order valence-corrected chi connectivity index (χ2v) is 5.28. The molecule has 1 fully saturated rings. The van der Waals surface area contributed by atoms with Crippen molar-refractivity contribution in [1.29, 1.82) is 0 Å². The lowest BCUT2D eigenvalue weighted by Crippen LogP contribution is -2.83. The predicted molar refractivity (Wildman–Crippen MR) is 82.5 cm³/mol. The van der Waals surface area contributed by atoms with E-state index >= 15 is 0 Å². The molecule has 0 spiro atoms. The van der Waals surface area contributed by atoms with Crippen LogP contribution in [0, 0.1) is 0 Å². The van der Waals surface area contributed by atoms with Crippen LogP contribution < -0.4 is 20.6 Å². The van der Waals surface area contributed by atoms with E-state index in [-0.39, 0.29) is 28.3 Å². The number of hydrogen-bond donors (Lipinski definition) is 4. The Balaban J connectivity index is 2.69. The van der Waals surface area contributed by atoms with Crippen LogP contribution in [0.15, 0.2) is 0 Å². The average molecular weight is 251 g/mol. The first-order chi connectivity index (χ1) is 8.36. The molecule has 0 bridgehead atoms. The van der Waals surface area contributed by atoms with E-state index in [1.165, 1.54) is 0 Å². The summed E-state index contributed by atoms with van der Waals surface area (Å²) in [5.41, 5.74) is 0. The van der Waals surface area contributed by atoms with E-state index in [4.69, 9.17) is 0 Å². The van der Waals surface area contributed by atoms with Gasteiger partial charge >= 0.3 is 21.4 Å². The van der Waals surface area contributed by atoms with Gasteiger partial charge in [-0.3, -0.25) is 0 Å². The van der Waals surface area contributed by atoms with Crippen LogP contribution in [-0.4, -0.2) is 85.0 Å². The van der Waals surface area contributed by atoms with Crippen molar-refractivity contribution in [2.75, 3.05) is 42.3 Å². The lowest BCUT2D eigenvalue weighted by atomic mass is 9.56. The molecule has 1 rings (SSSR count). The van der Waals surface area contributed by atoms with Crippen molar-refractivity contribution < 1.29 is 0 Å². The van der Waals surface area contributed by atoms with Gasteiger partial charge in [-0.1, -0.05) is 6.82 Å². The smallest absolute Gasteiger partial charge is 0.357 e. The minimum absolute atomic E-state index is 0.105. The molecule has 0 aliphatic carbocycles. The zero-order valence-electron chi connectivity index (χ0n) is 12.7. The number of nitrogens with one attached hydrogen (secondary N) is 4. The molecular formula is C7H25B4N7. The van der Waals surface area contributed by atoms with Crippen molar-refractivity contribution in [2.45, 2.75) is 6.82 Å². The summed E-state index contributed by atoms with van der Waals surface area (Å²) in [6.45, 7) is 2.38. The summed E-state index contributed by atoms with van der Waals surface area (Å²) in [4.78, 5) is 4.27. The molecule has 4 N–H and O–H groups in total. The molecule has 0 unspecified atom stereocenters. The quantitative estimate of drug-likeness (QED) is 0.391. The molecule has 0 atom stereocenters. The molecule has 0 aromatic carbocycles. The second kappa shape index (κ2) is 6.95. The Hall–Kier alpha value is -0.0203. The molecule has 0 aromatic heterocycles. The minimum atomic E-state index is 0.105. The zero-order valence-corrected chi connectivity index (χ0v) is 12.7. The molecule has 100 valence electrons. The van der Waals surface area contributed by atoms with Crippen LogP contribution in [-0.2, 0) is 0 Å². The number of hydrogen-bond acceptors (Lipinski definition) is 7. The van der Waals surface area contributed by atoms with Gasteiger partial charge < -0.3 is 35.0 Å². The molecule has 7 nitrogen and oxygen atoms in total. The molecule has 0 aromatic rings. The van der Waals surface area contributed by atoms with E-state index in [1.807, 2.05) is 7.05 Å². The lowest BCUT2D eigenvalue weighted by Gasteiger charge is -2.40. The van der Waals surface area contributed by atoms with E-state index in [0.717, 1.165) is 0 Å². The van der Waals surface area contributed by atoms with Gasteiger partial charge in [-0.15, -0.1) is 0 Å². The molecule has 0 radical (unpaired) electrons. The average Bonchev–Trinajstić information content (AvgIpc) is 2.28. The topological polar surface area (TPSA) is 57.8 Å². The van der Waals surface area contributed by atoms with E-state index in [1.54, 1.807) is 0 Å². The maximum absolute atomic E-state index is 3.52. The SMILES string of the molecule is CNB(N(C)C)N(C)B1NB(C)NB(N(C)C)N1.